The van der Waals surface area contributed by atoms with Crippen LogP contribution in [-0.2, 0) is 4.74 Å². The van der Waals surface area contributed by atoms with Gasteiger partial charge in [-0.15, -0.1) is 24.0 Å². The van der Waals surface area contributed by atoms with Crippen LogP contribution in [0.3, 0.4) is 0 Å². The first-order valence-corrected chi connectivity index (χ1v) is 9.66. The van der Waals surface area contributed by atoms with Crippen LogP contribution in [-0.4, -0.2) is 78.1 Å². The van der Waals surface area contributed by atoms with Crippen molar-refractivity contribution in [1.29, 1.82) is 0 Å². The third-order valence-corrected chi connectivity index (χ3v) is 3.92. The molecule has 1 aromatic carbocycles. The maximum absolute atomic E-state index is 5.72. The number of nitrogens with one attached hydrogen (secondary N) is 2. The molecule has 0 aromatic heterocycles. The van der Waals surface area contributed by atoms with Crippen LogP contribution >= 0.6 is 24.0 Å². The van der Waals surface area contributed by atoms with Crippen LogP contribution in [0.1, 0.15) is 19.8 Å². The highest BCUT2D eigenvalue weighted by Crippen LogP contribution is 2.16. The number of benzene rings is 1. The van der Waals surface area contributed by atoms with Crippen molar-refractivity contribution >= 4 is 29.9 Å². The molecule has 7 nitrogen and oxygen atoms in total. The highest BCUT2D eigenvalue weighted by Gasteiger charge is 2.01. The smallest absolute Gasteiger partial charge is 0.191 e. The molecular formula is C20H37IN4O3. The first-order chi connectivity index (χ1) is 13.2. The van der Waals surface area contributed by atoms with Gasteiger partial charge >= 0.3 is 0 Å². The molecular weight excluding hydrogens is 471 g/mol. The number of likely N-dealkylation sites (N-methyl/N-ethyl adjacent to an activating group) is 1. The van der Waals surface area contributed by atoms with Crippen LogP contribution in [0.5, 0.6) is 11.5 Å². The topological polar surface area (TPSA) is 67.4 Å². The van der Waals surface area contributed by atoms with Crippen molar-refractivity contribution in [2.75, 3.05) is 67.2 Å². The number of ether oxygens (including phenoxy) is 3. The summed E-state index contributed by atoms with van der Waals surface area (Å²) < 4.78 is 15.9. The molecule has 2 N–H and O–H groups in total. The van der Waals surface area contributed by atoms with Crippen molar-refractivity contribution in [2.24, 2.45) is 4.99 Å². The van der Waals surface area contributed by atoms with Gasteiger partial charge in [0.1, 0.15) is 11.5 Å². The molecule has 0 heterocycles. The van der Waals surface area contributed by atoms with Gasteiger partial charge in [0.2, 0.25) is 0 Å². The lowest BCUT2D eigenvalue weighted by Crippen LogP contribution is -2.41. The van der Waals surface area contributed by atoms with Gasteiger partial charge in [0.25, 0.3) is 0 Å². The second kappa shape index (κ2) is 17.8. The minimum atomic E-state index is 0. The monoisotopic (exact) mass is 508 g/mol. The Labute approximate surface area is 187 Å². The molecule has 28 heavy (non-hydrogen) atoms. The van der Waals surface area contributed by atoms with Gasteiger partial charge in [0, 0.05) is 52.9 Å². The number of methoxy groups -OCH3 is 2. The maximum atomic E-state index is 5.72. The fourth-order valence-electron chi connectivity index (χ4n) is 2.41. The quantitative estimate of drug-likeness (QED) is 0.174. The number of hydrogen-bond acceptors (Lipinski definition) is 5. The van der Waals surface area contributed by atoms with Crippen LogP contribution in [0.15, 0.2) is 29.3 Å². The summed E-state index contributed by atoms with van der Waals surface area (Å²) in [6, 6.07) is 7.62. The number of rotatable bonds is 14. The molecule has 162 valence electrons. The first kappa shape index (κ1) is 26.7. The van der Waals surface area contributed by atoms with E-state index in [0.29, 0.717) is 6.61 Å². The minimum absolute atomic E-state index is 0. The van der Waals surface area contributed by atoms with Crippen molar-refractivity contribution < 1.29 is 14.2 Å². The average Bonchev–Trinajstić information content (AvgIpc) is 2.68. The zero-order valence-corrected chi connectivity index (χ0v) is 20.0. The van der Waals surface area contributed by atoms with Crippen LogP contribution in [0.25, 0.3) is 0 Å². The van der Waals surface area contributed by atoms with Gasteiger partial charge in [0.15, 0.2) is 5.96 Å². The molecule has 1 aromatic rings. The molecule has 8 heteroatoms. The maximum Gasteiger partial charge on any atom is 0.191 e. The lowest BCUT2D eigenvalue weighted by molar-refractivity contribution is 0.180. The zero-order valence-electron chi connectivity index (χ0n) is 17.7. The van der Waals surface area contributed by atoms with E-state index >= 15 is 0 Å². The highest BCUT2D eigenvalue weighted by atomic mass is 127. The van der Waals surface area contributed by atoms with Crippen molar-refractivity contribution in [3.05, 3.63) is 24.3 Å². The molecule has 0 fully saturated rings. The number of nitrogens with zero attached hydrogens (tertiary/aromatic N) is 2. The predicted octanol–water partition coefficient (Wildman–Crippen LogP) is 2.61. The van der Waals surface area contributed by atoms with Crippen molar-refractivity contribution in [3.63, 3.8) is 0 Å². The van der Waals surface area contributed by atoms with E-state index in [1.54, 1.807) is 14.2 Å². The van der Waals surface area contributed by atoms with Gasteiger partial charge in [-0.25, -0.2) is 0 Å². The van der Waals surface area contributed by atoms with Crippen LogP contribution in [0.4, 0.5) is 0 Å². The Morgan fingerprint density at radius 1 is 1.00 bits per heavy atom. The average molecular weight is 508 g/mol. The van der Waals surface area contributed by atoms with Crippen LogP contribution in [0.2, 0.25) is 0 Å². The molecule has 0 amide bonds. The van der Waals surface area contributed by atoms with E-state index in [4.69, 9.17) is 14.2 Å². The van der Waals surface area contributed by atoms with Gasteiger partial charge in [-0.1, -0.05) is 0 Å². The molecule has 0 saturated heterocycles. The molecule has 0 spiro atoms. The molecule has 0 aliphatic heterocycles. The predicted molar refractivity (Wildman–Crippen MR) is 126 cm³/mol. The Balaban J connectivity index is 0.00000729. The van der Waals surface area contributed by atoms with E-state index in [0.717, 1.165) is 69.6 Å². The molecule has 0 atom stereocenters. The van der Waals surface area contributed by atoms with Gasteiger partial charge in [-0.3, -0.25) is 4.99 Å². The summed E-state index contributed by atoms with van der Waals surface area (Å²) >= 11 is 0. The second-order valence-electron chi connectivity index (χ2n) is 6.21. The summed E-state index contributed by atoms with van der Waals surface area (Å²) in [5.41, 5.74) is 0. The molecule has 1 rings (SSSR count). The number of guanidine groups is 1. The Morgan fingerprint density at radius 3 is 2.36 bits per heavy atom. The summed E-state index contributed by atoms with van der Waals surface area (Å²) in [7, 11) is 5.52. The Bertz CT molecular complexity index is 515. The zero-order chi connectivity index (χ0) is 19.7. The minimum Gasteiger partial charge on any atom is -0.497 e. The highest BCUT2D eigenvalue weighted by molar-refractivity contribution is 14.0. The normalized spacial score (nSPS) is 11.1. The molecule has 0 radical (unpaired) electrons. The van der Waals surface area contributed by atoms with E-state index in [1.807, 2.05) is 24.3 Å². The number of hydrogen-bond donors (Lipinski definition) is 2. The second-order valence-corrected chi connectivity index (χ2v) is 6.21. The summed E-state index contributed by atoms with van der Waals surface area (Å²) in [6.07, 6.45) is 1.91. The van der Waals surface area contributed by atoms with Gasteiger partial charge in [-0.2, -0.15) is 0 Å². The summed E-state index contributed by atoms with van der Waals surface area (Å²) in [4.78, 5) is 6.89. The van der Waals surface area contributed by atoms with E-state index in [1.165, 1.54) is 0 Å². The fourth-order valence-corrected chi connectivity index (χ4v) is 2.41. The van der Waals surface area contributed by atoms with Gasteiger partial charge in [-0.05, 0) is 44.7 Å². The lowest BCUT2D eigenvalue weighted by atomic mass is 10.3. The lowest BCUT2D eigenvalue weighted by Gasteiger charge is -2.18. The number of halogens is 1. The first-order valence-electron chi connectivity index (χ1n) is 9.66. The van der Waals surface area contributed by atoms with Gasteiger partial charge in [0.05, 0.1) is 13.7 Å². The Hall–Kier alpha value is -1.26. The standard InChI is InChI=1S/C20H36N4O3.HI/c1-5-21-20(23-13-15-24(2)14-7-16-25-3)22-12-6-17-27-19-10-8-18(26-4)9-11-19;/h8-11H,5-7,12-17H2,1-4H3,(H2,21,22,23);1H. The SMILES string of the molecule is CCNC(=NCCCOc1ccc(OC)cc1)NCCN(C)CCCOC.I. The van der Waals surface area contributed by atoms with E-state index < -0.39 is 0 Å². The van der Waals surface area contributed by atoms with Crippen molar-refractivity contribution in [2.45, 2.75) is 19.8 Å². The summed E-state index contributed by atoms with van der Waals surface area (Å²) in [5.74, 6) is 2.53. The summed E-state index contributed by atoms with van der Waals surface area (Å²) in [6.45, 7) is 7.93. The molecule has 0 saturated carbocycles. The Kier molecular flexibility index (Phi) is 17.0. The van der Waals surface area contributed by atoms with Gasteiger partial charge < -0.3 is 29.7 Å². The fraction of sp³-hybridized carbons (Fsp3) is 0.650. The summed E-state index contributed by atoms with van der Waals surface area (Å²) in [5, 5.41) is 6.65. The van der Waals surface area contributed by atoms with Crippen molar-refractivity contribution in [3.8, 4) is 11.5 Å². The molecule has 0 aliphatic rings. The van der Waals surface area contributed by atoms with E-state index in [-0.39, 0.29) is 24.0 Å². The van der Waals surface area contributed by atoms with Crippen LogP contribution < -0.4 is 20.1 Å². The third kappa shape index (κ3) is 13.0. The molecule has 0 bridgehead atoms. The van der Waals surface area contributed by atoms with Crippen LogP contribution in [0, 0.1) is 0 Å². The Morgan fingerprint density at radius 2 is 1.71 bits per heavy atom. The third-order valence-electron chi connectivity index (χ3n) is 3.92. The molecule has 0 aliphatic carbocycles. The largest absolute Gasteiger partial charge is 0.497 e. The van der Waals surface area contributed by atoms with E-state index in [9.17, 15) is 0 Å². The number of aliphatic imine (C=N–C) groups is 1. The van der Waals surface area contributed by atoms with Crippen molar-refractivity contribution in [1.82, 2.24) is 15.5 Å². The van der Waals surface area contributed by atoms with E-state index in [2.05, 4.69) is 34.5 Å². The molecule has 0 unspecified atom stereocenters.